The van der Waals surface area contributed by atoms with Crippen LogP contribution >= 0.6 is 0 Å². The first-order valence-corrected chi connectivity index (χ1v) is 6.35. The Bertz CT molecular complexity index is 741. The van der Waals surface area contributed by atoms with Crippen LogP contribution in [0.25, 0.3) is 0 Å². The smallest absolute Gasteiger partial charge is 0.223 e. The van der Waals surface area contributed by atoms with E-state index in [4.69, 9.17) is 14.8 Å². The van der Waals surface area contributed by atoms with Crippen LogP contribution in [-0.2, 0) is 11.4 Å². The molecule has 0 unspecified atom stereocenters. The lowest BCUT2D eigenvalue weighted by atomic mass is 10.2. The summed E-state index contributed by atoms with van der Waals surface area (Å²) in [6.07, 6.45) is 2.66. The molecule has 0 fully saturated rings. The van der Waals surface area contributed by atoms with Gasteiger partial charge in [0.15, 0.2) is 0 Å². The number of nitriles is 1. The second kappa shape index (κ2) is 7.13. The van der Waals surface area contributed by atoms with Gasteiger partial charge in [-0.25, -0.2) is 4.98 Å². The van der Waals surface area contributed by atoms with E-state index in [1.165, 1.54) is 25.6 Å². The van der Waals surface area contributed by atoms with E-state index in [0.29, 0.717) is 22.7 Å². The zero-order valence-corrected chi connectivity index (χ0v) is 12.1. The number of ether oxygens (including phenoxy) is 1. The molecule has 22 heavy (non-hydrogen) atoms. The summed E-state index contributed by atoms with van der Waals surface area (Å²) in [5.41, 5.74) is 1.83. The van der Waals surface area contributed by atoms with Crippen molar-refractivity contribution in [2.24, 2.45) is 5.16 Å². The largest absolute Gasteiger partial charge is 0.496 e. The molecule has 0 aliphatic carbocycles. The van der Waals surface area contributed by atoms with E-state index in [-0.39, 0.29) is 12.2 Å². The van der Waals surface area contributed by atoms with Crippen LogP contribution in [0.5, 0.6) is 5.75 Å². The summed E-state index contributed by atoms with van der Waals surface area (Å²) >= 11 is 0. The summed E-state index contributed by atoms with van der Waals surface area (Å²) in [6, 6.07) is 6.80. The van der Waals surface area contributed by atoms with Gasteiger partial charge in [-0.15, -0.1) is 0 Å². The fourth-order valence-electron chi connectivity index (χ4n) is 1.79. The van der Waals surface area contributed by atoms with Crippen molar-refractivity contribution in [2.75, 3.05) is 7.11 Å². The summed E-state index contributed by atoms with van der Waals surface area (Å²) in [7, 11) is 1.43. The second-order valence-electron chi connectivity index (χ2n) is 4.32. The Labute approximate surface area is 126 Å². The lowest BCUT2D eigenvalue weighted by Crippen LogP contribution is -2.00. The van der Waals surface area contributed by atoms with Gasteiger partial charge >= 0.3 is 0 Å². The maximum atomic E-state index is 13.6. The Morgan fingerprint density at radius 3 is 3.00 bits per heavy atom. The zero-order valence-electron chi connectivity index (χ0n) is 12.1. The first-order valence-electron chi connectivity index (χ1n) is 6.35. The average molecular weight is 300 g/mol. The van der Waals surface area contributed by atoms with Crippen LogP contribution in [0.3, 0.4) is 0 Å². The number of hydrogen-bond acceptors (Lipinski definition) is 6. The quantitative estimate of drug-likeness (QED) is 0.481. The zero-order chi connectivity index (χ0) is 15.9. The Morgan fingerprint density at radius 2 is 2.27 bits per heavy atom. The van der Waals surface area contributed by atoms with E-state index in [9.17, 15) is 4.39 Å². The lowest BCUT2D eigenvalue weighted by molar-refractivity contribution is 0.126. The predicted octanol–water partition coefficient (Wildman–Crippen LogP) is 2.36. The fourth-order valence-corrected chi connectivity index (χ4v) is 1.79. The molecule has 112 valence electrons. The van der Waals surface area contributed by atoms with Crippen molar-refractivity contribution < 1.29 is 14.0 Å². The highest BCUT2D eigenvalue weighted by molar-refractivity contribution is 5.77. The van der Waals surface area contributed by atoms with E-state index < -0.39 is 5.95 Å². The van der Waals surface area contributed by atoms with Crippen molar-refractivity contribution in [3.05, 3.63) is 52.9 Å². The molecule has 2 rings (SSSR count). The Hall–Kier alpha value is -3.01. The third kappa shape index (κ3) is 3.76. The maximum absolute atomic E-state index is 13.6. The molecule has 0 N–H and O–H groups in total. The average Bonchev–Trinajstić information content (AvgIpc) is 2.52. The number of oxime groups is 1. The molecular formula is C15H13FN4O2. The molecule has 0 spiro atoms. The number of halogens is 1. The molecule has 0 saturated heterocycles. The third-order valence-electron chi connectivity index (χ3n) is 2.75. The highest BCUT2D eigenvalue weighted by Crippen LogP contribution is 2.20. The predicted molar refractivity (Wildman–Crippen MR) is 76.8 cm³/mol. The van der Waals surface area contributed by atoms with Crippen LogP contribution in [0.4, 0.5) is 4.39 Å². The van der Waals surface area contributed by atoms with Crippen molar-refractivity contribution >= 4 is 6.21 Å². The topological polar surface area (TPSA) is 80.4 Å². The van der Waals surface area contributed by atoms with E-state index >= 15 is 0 Å². The molecule has 0 saturated carbocycles. The van der Waals surface area contributed by atoms with Gasteiger partial charge < -0.3 is 9.57 Å². The standard InChI is InChI=1S/C15H13FN4O2/c1-10-5-11(7-17)6-12(20-10)8-19-22-9-13-14(21-2)3-4-18-15(13)16/h3-6,8H,9H2,1-2H3. The van der Waals surface area contributed by atoms with Gasteiger partial charge in [0.25, 0.3) is 0 Å². The monoisotopic (exact) mass is 300 g/mol. The van der Waals surface area contributed by atoms with Crippen LogP contribution in [0.1, 0.15) is 22.5 Å². The summed E-state index contributed by atoms with van der Waals surface area (Å²) in [5.74, 6) is -0.335. The lowest BCUT2D eigenvalue weighted by Gasteiger charge is -2.07. The van der Waals surface area contributed by atoms with Gasteiger partial charge in [0.1, 0.15) is 12.4 Å². The minimum atomic E-state index is -0.671. The van der Waals surface area contributed by atoms with Crippen LogP contribution < -0.4 is 4.74 Å². The fraction of sp³-hybridized carbons (Fsp3) is 0.200. The third-order valence-corrected chi connectivity index (χ3v) is 2.75. The molecule has 0 aromatic carbocycles. The van der Waals surface area contributed by atoms with Gasteiger partial charge in [-0.3, -0.25) is 4.98 Å². The summed E-state index contributed by atoms with van der Waals surface area (Å²) in [6.45, 7) is 1.64. The molecule has 0 atom stereocenters. The van der Waals surface area contributed by atoms with Crippen LogP contribution in [-0.4, -0.2) is 23.3 Å². The summed E-state index contributed by atoms with van der Waals surface area (Å²) in [4.78, 5) is 12.8. The number of hydrogen-bond donors (Lipinski definition) is 0. The number of aryl methyl sites for hydroxylation is 1. The summed E-state index contributed by atoms with van der Waals surface area (Å²) < 4.78 is 18.6. The van der Waals surface area contributed by atoms with Gasteiger partial charge in [0, 0.05) is 11.9 Å². The number of aromatic nitrogens is 2. The van der Waals surface area contributed by atoms with Gasteiger partial charge in [-0.05, 0) is 25.1 Å². The van der Waals surface area contributed by atoms with Crippen molar-refractivity contribution in [2.45, 2.75) is 13.5 Å². The minimum absolute atomic E-state index is 0.129. The molecule has 2 aromatic rings. The van der Waals surface area contributed by atoms with Gasteiger partial charge in [-0.2, -0.15) is 9.65 Å². The molecule has 0 bridgehead atoms. The first-order chi connectivity index (χ1) is 10.6. The van der Waals surface area contributed by atoms with Gasteiger partial charge in [-0.1, -0.05) is 5.16 Å². The highest BCUT2D eigenvalue weighted by atomic mass is 19.1. The second-order valence-corrected chi connectivity index (χ2v) is 4.32. The molecule has 2 heterocycles. The molecule has 0 aliphatic rings. The normalized spacial score (nSPS) is 10.5. The van der Waals surface area contributed by atoms with Crippen LogP contribution in [0.2, 0.25) is 0 Å². The molecule has 6 nitrogen and oxygen atoms in total. The van der Waals surface area contributed by atoms with Gasteiger partial charge in [0.05, 0.1) is 36.2 Å². The Morgan fingerprint density at radius 1 is 1.45 bits per heavy atom. The van der Waals surface area contributed by atoms with Crippen molar-refractivity contribution in [3.8, 4) is 11.8 Å². The number of rotatable bonds is 5. The molecule has 7 heteroatoms. The molecule has 0 aliphatic heterocycles. The van der Waals surface area contributed by atoms with Gasteiger partial charge in [0.2, 0.25) is 5.95 Å². The first kappa shape index (κ1) is 15.4. The summed E-state index contributed by atoms with van der Waals surface area (Å²) in [5, 5.41) is 12.6. The van der Waals surface area contributed by atoms with E-state index in [1.54, 1.807) is 19.1 Å². The van der Waals surface area contributed by atoms with E-state index in [0.717, 1.165) is 0 Å². The van der Waals surface area contributed by atoms with E-state index in [2.05, 4.69) is 15.1 Å². The Kier molecular flexibility index (Phi) is 4.98. The van der Waals surface area contributed by atoms with E-state index in [1.807, 2.05) is 6.07 Å². The highest BCUT2D eigenvalue weighted by Gasteiger charge is 2.10. The van der Waals surface area contributed by atoms with Crippen molar-refractivity contribution in [3.63, 3.8) is 0 Å². The van der Waals surface area contributed by atoms with Crippen molar-refractivity contribution in [1.29, 1.82) is 5.26 Å². The molecule has 0 radical (unpaired) electrons. The molecule has 0 amide bonds. The van der Waals surface area contributed by atoms with Crippen molar-refractivity contribution in [1.82, 2.24) is 9.97 Å². The number of nitrogens with zero attached hydrogens (tertiary/aromatic N) is 4. The molecule has 2 aromatic heterocycles. The Balaban J connectivity index is 2.05. The van der Waals surface area contributed by atoms with Crippen LogP contribution in [0, 0.1) is 24.2 Å². The number of methoxy groups -OCH3 is 1. The number of pyridine rings is 2. The maximum Gasteiger partial charge on any atom is 0.223 e. The minimum Gasteiger partial charge on any atom is -0.496 e. The van der Waals surface area contributed by atoms with Crippen LogP contribution in [0.15, 0.2) is 29.6 Å². The molecular weight excluding hydrogens is 287 g/mol. The SMILES string of the molecule is COc1ccnc(F)c1CON=Cc1cc(C#N)cc(C)n1.